The van der Waals surface area contributed by atoms with E-state index in [1.807, 2.05) is 18.2 Å². The SMILES string of the molecule is CC(C)N1CCN(c2ccc(CN3CCCC[C@@H]3COc3ccc4c(c3)CN(C3CCC(=O)NC3=O)C4=O)cc2)CC1. The summed E-state index contributed by atoms with van der Waals surface area (Å²) in [6, 6.07) is 15.1. The van der Waals surface area contributed by atoms with E-state index in [0.717, 1.165) is 57.0 Å². The summed E-state index contributed by atoms with van der Waals surface area (Å²) in [5.41, 5.74) is 4.12. The maximum atomic E-state index is 13.0. The van der Waals surface area contributed by atoms with Gasteiger partial charge in [0.25, 0.3) is 5.91 Å². The zero-order valence-corrected chi connectivity index (χ0v) is 24.9. The van der Waals surface area contributed by atoms with Crippen LogP contribution < -0.4 is 15.0 Å². The molecule has 1 unspecified atom stereocenters. The number of hydrogen-bond donors (Lipinski definition) is 1. The molecule has 1 N–H and O–H groups in total. The Kier molecular flexibility index (Phi) is 8.49. The van der Waals surface area contributed by atoms with E-state index in [1.54, 1.807) is 4.90 Å². The number of imide groups is 1. The fourth-order valence-corrected chi connectivity index (χ4v) is 6.83. The van der Waals surface area contributed by atoms with Crippen LogP contribution in [0.1, 0.15) is 67.4 Å². The van der Waals surface area contributed by atoms with Gasteiger partial charge in [0.15, 0.2) is 0 Å². The molecule has 9 heteroatoms. The van der Waals surface area contributed by atoms with Crippen molar-refractivity contribution in [3.8, 4) is 5.75 Å². The highest BCUT2D eigenvalue weighted by Crippen LogP contribution is 2.31. The number of amides is 3. The van der Waals surface area contributed by atoms with E-state index in [2.05, 4.69) is 58.1 Å². The van der Waals surface area contributed by atoms with Crippen molar-refractivity contribution in [2.75, 3.05) is 44.2 Å². The molecule has 0 bridgehead atoms. The highest BCUT2D eigenvalue weighted by Gasteiger charge is 2.39. The number of ether oxygens (including phenoxy) is 1. The van der Waals surface area contributed by atoms with Crippen LogP contribution in [0.2, 0.25) is 0 Å². The highest BCUT2D eigenvalue weighted by atomic mass is 16.5. The summed E-state index contributed by atoms with van der Waals surface area (Å²) in [6.07, 6.45) is 4.12. The Morgan fingerprint density at radius 3 is 2.45 bits per heavy atom. The number of carbonyl (C=O) groups excluding carboxylic acids is 3. The van der Waals surface area contributed by atoms with Gasteiger partial charge in [-0.2, -0.15) is 0 Å². The summed E-state index contributed by atoms with van der Waals surface area (Å²) >= 11 is 0. The summed E-state index contributed by atoms with van der Waals surface area (Å²) in [4.78, 5) is 46.1. The van der Waals surface area contributed by atoms with Gasteiger partial charge < -0.3 is 14.5 Å². The fraction of sp³-hybridized carbons (Fsp3) is 0.545. The summed E-state index contributed by atoms with van der Waals surface area (Å²) in [7, 11) is 0. The molecule has 9 nitrogen and oxygen atoms in total. The molecule has 3 saturated heterocycles. The van der Waals surface area contributed by atoms with Crippen molar-refractivity contribution in [2.45, 2.75) is 77.2 Å². The number of fused-ring (bicyclic) bond motifs is 1. The Morgan fingerprint density at radius 1 is 0.929 bits per heavy atom. The van der Waals surface area contributed by atoms with Crippen LogP contribution in [0.4, 0.5) is 5.69 Å². The molecule has 4 heterocycles. The normalized spacial score (nSPS) is 23.8. The molecule has 0 aliphatic carbocycles. The summed E-state index contributed by atoms with van der Waals surface area (Å²) in [5.74, 6) is -0.0755. The first-order valence-electron chi connectivity index (χ1n) is 15.6. The zero-order valence-electron chi connectivity index (χ0n) is 24.9. The minimum atomic E-state index is -0.605. The third-order valence-corrected chi connectivity index (χ3v) is 9.42. The van der Waals surface area contributed by atoms with E-state index >= 15 is 0 Å². The average molecular weight is 574 g/mol. The maximum Gasteiger partial charge on any atom is 0.255 e. The van der Waals surface area contributed by atoms with Crippen LogP contribution in [0.25, 0.3) is 0 Å². The Morgan fingerprint density at radius 2 is 1.71 bits per heavy atom. The smallest absolute Gasteiger partial charge is 0.255 e. The summed E-state index contributed by atoms with van der Waals surface area (Å²) < 4.78 is 6.31. The first-order valence-corrected chi connectivity index (χ1v) is 15.6. The van der Waals surface area contributed by atoms with Crippen LogP contribution in [0.3, 0.4) is 0 Å². The molecule has 224 valence electrons. The lowest BCUT2D eigenvalue weighted by atomic mass is 10.0. The number of likely N-dealkylation sites (tertiary alicyclic amines) is 1. The number of nitrogens with one attached hydrogen (secondary N) is 1. The van der Waals surface area contributed by atoms with E-state index < -0.39 is 6.04 Å². The summed E-state index contributed by atoms with van der Waals surface area (Å²) in [5, 5.41) is 2.36. The third kappa shape index (κ3) is 6.17. The number of piperazine rings is 1. The number of piperidine rings is 2. The van der Waals surface area contributed by atoms with Crippen molar-refractivity contribution in [1.29, 1.82) is 0 Å². The number of nitrogens with zero attached hydrogens (tertiary/aromatic N) is 4. The van der Waals surface area contributed by atoms with E-state index in [0.29, 0.717) is 37.2 Å². The Hall–Kier alpha value is -3.43. The van der Waals surface area contributed by atoms with Crippen LogP contribution in [-0.2, 0) is 22.7 Å². The zero-order chi connectivity index (χ0) is 29.2. The fourth-order valence-electron chi connectivity index (χ4n) is 6.83. The second-order valence-corrected chi connectivity index (χ2v) is 12.4. The third-order valence-electron chi connectivity index (χ3n) is 9.42. The summed E-state index contributed by atoms with van der Waals surface area (Å²) in [6.45, 7) is 11.9. The van der Waals surface area contributed by atoms with Crippen LogP contribution in [0.15, 0.2) is 42.5 Å². The molecule has 3 fully saturated rings. The molecule has 0 spiro atoms. The van der Waals surface area contributed by atoms with Crippen LogP contribution in [-0.4, -0.2) is 89.9 Å². The first kappa shape index (κ1) is 28.7. The number of anilines is 1. The molecule has 4 aliphatic heterocycles. The van der Waals surface area contributed by atoms with Gasteiger partial charge >= 0.3 is 0 Å². The predicted octanol–water partition coefficient (Wildman–Crippen LogP) is 3.41. The number of carbonyl (C=O) groups is 3. The molecule has 42 heavy (non-hydrogen) atoms. The first-order chi connectivity index (χ1) is 20.4. The Bertz CT molecular complexity index is 1300. The molecule has 2 aromatic rings. The molecule has 6 rings (SSSR count). The second-order valence-electron chi connectivity index (χ2n) is 12.4. The maximum absolute atomic E-state index is 13.0. The average Bonchev–Trinajstić information content (AvgIpc) is 3.32. The quantitative estimate of drug-likeness (QED) is 0.485. The lowest BCUT2D eigenvalue weighted by molar-refractivity contribution is -0.136. The molecule has 2 atom stereocenters. The van der Waals surface area contributed by atoms with E-state index in [-0.39, 0.29) is 24.1 Å². The van der Waals surface area contributed by atoms with Crippen molar-refractivity contribution in [1.82, 2.24) is 20.0 Å². The molecule has 2 aromatic carbocycles. The minimum absolute atomic E-state index is 0.159. The largest absolute Gasteiger partial charge is 0.492 e. The van der Waals surface area contributed by atoms with Gasteiger partial charge in [0.05, 0.1) is 0 Å². The molecule has 3 amide bonds. The van der Waals surface area contributed by atoms with Crippen LogP contribution in [0, 0.1) is 0 Å². The lowest BCUT2D eigenvalue weighted by Gasteiger charge is -2.38. The van der Waals surface area contributed by atoms with Gasteiger partial charge in [-0.15, -0.1) is 0 Å². The number of hydrogen-bond acceptors (Lipinski definition) is 7. The highest BCUT2D eigenvalue weighted by molar-refractivity contribution is 6.05. The van der Waals surface area contributed by atoms with Crippen molar-refractivity contribution < 1.29 is 19.1 Å². The number of benzene rings is 2. The van der Waals surface area contributed by atoms with Crippen LogP contribution in [0.5, 0.6) is 5.75 Å². The molecular weight excluding hydrogens is 530 g/mol. The van der Waals surface area contributed by atoms with E-state index in [1.165, 1.54) is 24.1 Å². The van der Waals surface area contributed by atoms with Crippen molar-refractivity contribution in [2.24, 2.45) is 0 Å². The van der Waals surface area contributed by atoms with E-state index in [9.17, 15) is 14.4 Å². The Labute approximate surface area is 248 Å². The minimum Gasteiger partial charge on any atom is -0.492 e. The standard InChI is InChI=1S/C33H43N5O4/c1-23(2)35-15-17-36(18-16-35)26-8-6-24(7-9-26)20-37-14-4-3-5-27(37)22-42-28-10-11-29-25(19-28)21-38(33(29)41)30-12-13-31(39)34-32(30)40/h6-11,19,23,27,30H,3-5,12-18,20-22H2,1-2H3,(H,34,39,40)/t27-,30?/m1/s1. The van der Waals surface area contributed by atoms with Gasteiger partial charge in [-0.1, -0.05) is 18.6 Å². The van der Waals surface area contributed by atoms with Gasteiger partial charge in [-0.25, -0.2) is 0 Å². The molecule has 0 radical (unpaired) electrons. The van der Waals surface area contributed by atoms with Gasteiger partial charge in [-0.05, 0) is 81.1 Å². The topological polar surface area (TPSA) is 85.4 Å². The molecule has 0 saturated carbocycles. The Balaban J connectivity index is 1.04. The molecular formula is C33H43N5O4. The van der Waals surface area contributed by atoms with Crippen LogP contribution >= 0.6 is 0 Å². The second kappa shape index (κ2) is 12.4. The number of rotatable bonds is 8. The van der Waals surface area contributed by atoms with Gasteiger partial charge in [0.2, 0.25) is 11.8 Å². The van der Waals surface area contributed by atoms with Gasteiger partial charge in [-0.3, -0.25) is 29.5 Å². The van der Waals surface area contributed by atoms with Crippen molar-refractivity contribution >= 4 is 23.4 Å². The van der Waals surface area contributed by atoms with Gasteiger partial charge in [0.1, 0.15) is 18.4 Å². The van der Waals surface area contributed by atoms with Crippen molar-refractivity contribution in [3.63, 3.8) is 0 Å². The van der Waals surface area contributed by atoms with Gasteiger partial charge in [0, 0.05) is 69.0 Å². The van der Waals surface area contributed by atoms with Crippen molar-refractivity contribution in [3.05, 3.63) is 59.2 Å². The predicted molar refractivity (Wildman–Crippen MR) is 161 cm³/mol. The molecule has 0 aromatic heterocycles. The monoisotopic (exact) mass is 573 g/mol. The lowest BCUT2D eigenvalue weighted by Crippen LogP contribution is -2.52. The van der Waals surface area contributed by atoms with E-state index in [4.69, 9.17) is 4.74 Å². The molecule has 4 aliphatic rings.